The van der Waals surface area contributed by atoms with E-state index in [9.17, 15) is 4.39 Å². The topological polar surface area (TPSA) is 39.9 Å². The highest BCUT2D eigenvalue weighted by Crippen LogP contribution is 2.22. The summed E-state index contributed by atoms with van der Waals surface area (Å²) >= 11 is 1.52. The number of hydrogen-bond donors (Lipinski definition) is 0. The summed E-state index contributed by atoms with van der Waals surface area (Å²) in [6.45, 7) is 2.39. The second-order valence-electron chi connectivity index (χ2n) is 5.48. The third-order valence-corrected chi connectivity index (χ3v) is 4.66. The zero-order valence-corrected chi connectivity index (χ0v) is 14.4. The van der Waals surface area contributed by atoms with Crippen LogP contribution in [0.3, 0.4) is 0 Å². The van der Waals surface area contributed by atoms with Crippen LogP contribution in [0.5, 0.6) is 5.75 Å². The quantitative estimate of drug-likeness (QED) is 0.631. The van der Waals surface area contributed by atoms with Crippen molar-refractivity contribution in [2.24, 2.45) is 7.05 Å². The normalized spacial score (nSPS) is 10.8. The van der Waals surface area contributed by atoms with Crippen molar-refractivity contribution in [3.63, 3.8) is 0 Å². The van der Waals surface area contributed by atoms with E-state index >= 15 is 0 Å². The fourth-order valence-electron chi connectivity index (χ4n) is 2.15. The van der Waals surface area contributed by atoms with Gasteiger partial charge >= 0.3 is 0 Å². The highest BCUT2D eigenvalue weighted by atomic mass is 32.2. The first kappa shape index (κ1) is 16.5. The standard InChI is InChI=1S/C18H18FN3OS/c1-13-6-8-16(9-7-13)23-11-17-20-21-18(22(17)2)24-12-14-4-3-5-15(19)10-14/h3-10H,11-12H2,1-2H3. The SMILES string of the molecule is Cc1ccc(OCc2nnc(SCc3cccc(F)c3)n2C)cc1. The molecular formula is C18H18FN3OS. The van der Waals surface area contributed by atoms with Crippen molar-refractivity contribution in [3.8, 4) is 5.75 Å². The van der Waals surface area contributed by atoms with Gasteiger partial charge in [-0.25, -0.2) is 4.39 Å². The van der Waals surface area contributed by atoms with Crippen molar-refractivity contribution >= 4 is 11.8 Å². The van der Waals surface area contributed by atoms with Crippen LogP contribution in [-0.2, 0) is 19.4 Å². The second-order valence-corrected chi connectivity index (χ2v) is 6.42. The van der Waals surface area contributed by atoms with Gasteiger partial charge in [-0.05, 0) is 36.8 Å². The van der Waals surface area contributed by atoms with Crippen LogP contribution in [0.25, 0.3) is 0 Å². The molecule has 2 aromatic carbocycles. The first-order chi connectivity index (χ1) is 11.6. The lowest BCUT2D eigenvalue weighted by molar-refractivity contribution is 0.290. The number of rotatable bonds is 6. The molecule has 0 fully saturated rings. The molecule has 0 radical (unpaired) electrons. The van der Waals surface area contributed by atoms with E-state index in [0.29, 0.717) is 12.4 Å². The van der Waals surface area contributed by atoms with E-state index in [1.54, 1.807) is 6.07 Å². The lowest BCUT2D eigenvalue weighted by atomic mass is 10.2. The maximum Gasteiger partial charge on any atom is 0.191 e. The Hall–Kier alpha value is -2.34. The van der Waals surface area contributed by atoms with Gasteiger partial charge in [-0.3, -0.25) is 0 Å². The van der Waals surface area contributed by atoms with Crippen molar-refractivity contribution in [2.45, 2.75) is 24.4 Å². The van der Waals surface area contributed by atoms with E-state index in [2.05, 4.69) is 10.2 Å². The van der Waals surface area contributed by atoms with Crippen LogP contribution in [0.15, 0.2) is 53.7 Å². The number of thioether (sulfide) groups is 1. The smallest absolute Gasteiger partial charge is 0.191 e. The summed E-state index contributed by atoms with van der Waals surface area (Å²) in [5.74, 6) is 1.97. The Balaban J connectivity index is 1.60. The summed E-state index contributed by atoms with van der Waals surface area (Å²) in [4.78, 5) is 0. The summed E-state index contributed by atoms with van der Waals surface area (Å²) in [5.41, 5.74) is 2.11. The van der Waals surface area contributed by atoms with E-state index < -0.39 is 0 Å². The molecule has 24 heavy (non-hydrogen) atoms. The largest absolute Gasteiger partial charge is 0.486 e. The minimum atomic E-state index is -0.224. The minimum absolute atomic E-state index is 0.224. The monoisotopic (exact) mass is 343 g/mol. The van der Waals surface area contributed by atoms with Crippen LogP contribution >= 0.6 is 11.8 Å². The van der Waals surface area contributed by atoms with Gasteiger partial charge in [0.1, 0.15) is 18.2 Å². The van der Waals surface area contributed by atoms with Crippen LogP contribution in [0.2, 0.25) is 0 Å². The molecule has 1 aromatic heterocycles. The highest BCUT2D eigenvalue weighted by molar-refractivity contribution is 7.98. The Morgan fingerprint density at radius 2 is 1.92 bits per heavy atom. The lowest BCUT2D eigenvalue weighted by Gasteiger charge is -2.07. The van der Waals surface area contributed by atoms with E-state index in [1.807, 2.05) is 48.9 Å². The van der Waals surface area contributed by atoms with Gasteiger partial charge in [-0.1, -0.05) is 41.6 Å². The highest BCUT2D eigenvalue weighted by Gasteiger charge is 2.10. The van der Waals surface area contributed by atoms with Crippen molar-refractivity contribution in [2.75, 3.05) is 0 Å². The molecule has 0 N–H and O–H groups in total. The fraction of sp³-hybridized carbons (Fsp3) is 0.222. The molecule has 1 heterocycles. The average Bonchev–Trinajstić information content (AvgIpc) is 2.93. The molecule has 3 aromatic rings. The molecule has 0 unspecified atom stereocenters. The Morgan fingerprint density at radius 1 is 1.12 bits per heavy atom. The number of ether oxygens (including phenoxy) is 1. The Labute approximate surface area is 144 Å². The third-order valence-electron chi connectivity index (χ3n) is 3.57. The van der Waals surface area contributed by atoms with Gasteiger partial charge in [0.15, 0.2) is 11.0 Å². The number of hydrogen-bond acceptors (Lipinski definition) is 4. The Morgan fingerprint density at radius 3 is 2.67 bits per heavy atom. The molecular weight excluding hydrogens is 325 g/mol. The molecule has 3 rings (SSSR count). The molecule has 0 aliphatic carbocycles. The van der Waals surface area contributed by atoms with Crippen LogP contribution in [0.1, 0.15) is 17.0 Å². The molecule has 0 bridgehead atoms. The summed E-state index contributed by atoms with van der Waals surface area (Å²) in [5, 5.41) is 9.13. The molecule has 0 aliphatic rings. The number of benzene rings is 2. The first-order valence-corrected chi connectivity index (χ1v) is 8.55. The molecule has 0 atom stereocenters. The van der Waals surface area contributed by atoms with E-state index in [-0.39, 0.29) is 5.82 Å². The summed E-state index contributed by atoms with van der Waals surface area (Å²) < 4.78 is 20.8. The fourth-order valence-corrected chi connectivity index (χ4v) is 3.03. The summed E-state index contributed by atoms with van der Waals surface area (Å²) in [6, 6.07) is 14.5. The zero-order valence-electron chi connectivity index (χ0n) is 13.6. The average molecular weight is 343 g/mol. The van der Waals surface area contributed by atoms with Gasteiger partial charge < -0.3 is 9.30 Å². The number of aryl methyl sites for hydroxylation is 1. The van der Waals surface area contributed by atoms with E-state index in [1.165, 1.54) is 29.5 Å². The van der Waals surface area contributed by atoms with Gasteiger partial charge in [0.2, 0.25) is 0 Å². The Bertz CT molecular complexity index is 817. The van der Waals surface area contributed by atoms with Gasteiger partial charge in [0.25, 0.3) is 0 Å². The maximum absolute atomic E-state index is 13.2. The van der Waals surface area contributed by atoms with E-state index in [0.717, 1.165) is 22.3 Å². The number of aromatic nitrogens is 3. The molecule has 0 aliphatic heterocycles. The maximum atomic E-state index is 13.2. The molecule has 0 amide bonds. The molecule has 0 spiro atoms. The van der Waals surface area contributed by atoms with Crippen LogP contribution in [0.4, 0.5) is 4.39 Å². The van der Waals surface area contributed by atoms with Crippen LogP contribution in [-0.4, -0.2) is 14.8 Å². The number of halogens is 1. The minimum Gasteiger partial charge on any atom is -0.486 e. The first-order valence-electron chi connectivity index (χ1n) is 7.57. The van der Waals surface area contributed by atoms with Crippen molar-refractivity contribution in [1.29, 1.82) is 0 Å². The molecule has 0 saturated heterocycles. The molecule has 124 valence electrons. The predicted molar refractivity (Wildman–Crippen MR) is 92.5 cm³/mol. The van der Waals surface area contributed by atoms with Crippen molar-refractivity contribution in [1.82, 2.24) is 14.8 Å². The zero-order chi connectivity index (χ0) is 16.9. The van der Waals surface area contributed by atoms with E-state index in [4.69, 9.17) is 4.74 Å². The summed E-state index contributed by atoms with van der Waals surface area (Å²) in [6.07, 6.45) is 0. The Kier molecular flexibility index (Phi) is 5.15. The van der Waals surface area contributed by atoms with Crippen molar-refractivity contribution in [3.05, 3.63) is 71.3 Å². The summed E-state index contributed by atoms with van der Waals surface area (Å²) in [7, 11) is 1.90. The van der Waals surface area contributed by atoms with Gasteiger partial charge in [-0.2, -0.15) is 0 Å². The van der Waals surface area contributed by atoms with Crippen LogP contribution in [0, 0.1) is 12.7 Å². The number of nitrogens with zero attached hydrogens (tertiary/aromatic N) is 3. The second kappa shape index (κ2) is 7.49. The van der Waals surface area contributed by atoms with Gasteiger partial charge in [0, 0.05) is 12.8 Å². The molecule has 0 saturated carbocycles. The predicted octanol–water partition coefficient (Wildman–Crippen LogP) is 4.13. The third kappa shape index (κ3) is 4.14. The van der Waals surface area contributed by atoms with Gasteiger partial charge in [-0.15, -0.1) is 10.2 Å². The lowest BCUT2D eigenvalue weighted by Crippen LogP contribution is -2.04. The van der Waals surface area contributed by atoms with Gasteiger partial charge in [0.05, 0.1) is 0 Å². The van der Waals surface area contributed by atoms with Crippen molar-refractivity contribution < 1.29 is 9.13 Å². The van der Waals surface area contributed by atoms with Crippen LogP contribution < -0.4 is 4.74 Å². The molecule has 4 nitrogen and oxygen atoms in total. The molecule has 6 heteroatoms.